The van der Waals surface area contributed by atoms with Crippen LogP contribution in [0.2, 0.25) is 5.02 Å². The second-order valence-corrected chi connectivity index (χ2v) is 5.53. The van der Waals surface area contributed by atoms with Crippen LogP contribution in [0.3, 0.4) is 0 Å². The van der Waals surface area contributed by atoms with E-state index in [1.54, 1.807) is 0 Å². The molecule has 0 bridgehead atoms. The highest BCUT2D eigenvalue weighted by Crippen LogP contribution is 2.42. The Balaban J connectivity index is 2.09. The van der Waals surface area contributed by atoms with E-state index < -0.39 is 0 Å². The third-order valence-corrected chi connectivity index (χ3v) is 4.07. The van der Waals surface area contributed by atoms with Crippen molar-refractivity contribution in [2.45, 2.75) is 38.5 Å². The lowest BCUT2D eigenvalue weighted by atomic mass is 9.96. The van der Waals surface area contributed by atoms with Crippen LogP contribution in [0.5, 0.6) is 5.75 Å². The van der Waals surface area contributed by atoms with Gasteiger partial charge in [-0.25, -0.2) is 0 Å². The first-order valence-electron chi connectivity index (χ1n) is 6.67. The molecule has 1 nitrogen and oxygen atoms in total. The quantitative estimate of drug-likeness (QED) is 0.777. The number of rotatable bonds is 2. The van der Waals surface area contributed by atoms with Crippen molar-refractivity contribution in [2.75, 3.05) is 0 Å². The van der Waals surface area contributed by atoms with Crippen molar-refractivity contribution < 1.29 is 5.11 Å². The topological polar surface area (TPSA) is 20.2 Å². The van der Waals surface area contributed by atoms with Gasteiger partial charge in [-0.15, -0.1) is 0 Å². The number of phenols is 1. The van der Waals surface area contributed by atoms with Crippen LogP contribution in [0.25, 0.3) is 11.1 Å². The Kier molecular flexibility index (Phi) is 3.17. The minimum Gasteiger partial charge on any atom is -0.507 e. The van der Waals surface area contributed by atoms with E-state index in [2.05, 4.69) is 12.2 Å². The van der Waals surface area contributed by atoms with Gasteiger partial charge in [-0.1, -0.05) is 23.8 Å². The van der Waals surface area contributed by atoms with Gasteiger partial charge in [0.25, 0.3) is 0 Å². The zero-order chi connectivity index (χ0) is 12.5. The number of benzene rings is 1. The Bertz CT molecular complexity index is 495. The second kappa shape index (κ2) is 4.81. The molecular weight excluding hydrogens is 244 g/mol. The molecule has 94 valence electrons. The highest BCUT2D eigenvalue weighted by molar-refractivity contribution is 6.31. The lowest BCUT2D eigenvalue weighted by Gasteiger charge is -2.12. The van der Waals surface area contributed by atoms with Gasteiger partial charge in [0.2, 0.25) is 0 Å². The number of allylic oxidation sites excluding steroid dienone is 4. The zero-order valence-electron chi connectivity index (χ0n) is 10.4. The van der Waals surface area contributed by atoms with E-state index in [0.717, 1.165) is 41.8 Å². The summed E-state index contributed by atoms with van der Waals surface area (Å²) in [6.07, 6.45) is 11.1. The molecule has 0 saturated carbocycles. The molecule has 18 heavy (non-hydrogen) atoms. The Labute approximate surface area is 113 Å². The molecule has 1 N–H and O–H groups in total. The van der Waals surface area contributed by atoms with Gasteiger partial charge < -0.3 is 5.11 Å². The number of aromatic hydroxyl groups is 1. The third-order valence-electron chi connectivity index (χ3n) is 3.85. The van der Waals surface area contributed by atoms with E-state index in [0.29, 0.717) is 5.75 Å². The van der Waals surface area contributed by atoms with E-state index >= 15 is 0 Å². The summed E-state index contributed by atoms with van der Waals surface area (Å²) in [5, 5.41) is 11.2. The number of hydrogen-bond acceptors (Lipinski definition) is 1. The molecule has 2 heteroatoms. The first kappa shape index (κ1) is 11.9. The Hall–Kier alpha value is -1.21. The molecule has 1 aromatic rings. The van der Waals surface area contributed by atoms with Gasteiger partial charge in [-0.05, 0) is 61.8 Å². The molecule has 1 aromatic carbocycles. The molecule has 2 aliphatic carbocycles. The Morgan fingerprint density at radius 2 is 1.39 bits per heavy atom. The fourth-order valence-corrected chi connectivity index (χ4v) is 3.14. The maximum absolute atomic E-state index is 10.5. The maximum Gasteiger partial charge on any atom is 0.130 e. The van der Waals surface area contributed by atoms with Crippen LogP contribution < -0.4 is 0 Å². The predicted molar refractivity (Wildman–Crippen MR) is 76.8 cm³/mol. The van der Waals surface area contributed by atoms with Crippen LogP contribution in [-0.2, 0) is 0 Å². The molecule has 0 unspecified atom stereocenters. The minimum atomic E-state index is 0.417. The van der Waals surface area contributed by atoms with E-state index in [1.807, 2.05) is 12.1 Å². The van der Waals surface area contributed by atoms with Gasteiger partial charge in [0, 0.05) is 16.1 Å². The molecule has 0 aromatic heterocycles. The van der Waals surface area contributed by atoms with Crippen molar-refractivity contribution in [1.82, 2.24) is 0 Å². The molecule has 0 aliphatic heterocycles. The van der Waals surface area contributed by atoms with E-state index in [9.17, 15) is 5.11 Å². The normalized spacial score (nSPS) is 18.9. The molecule has 0 spiro atoms. The molecule has 0 atom stereocenters. The van der Waals surface area contributed by atoms with Gasteiger partial charge >= 0.3 is 0 Å². The summed E-state index contributed by atoms with van der Waals surface area (Å²) in [7, 11) is 0. The lowest BCUT2D eigenvalue weighted by Crippen LogP contribution is -1.90. The summed E-state index contributed by atoms with van der Waals surface area (Å²) >= 11 is 6.21. The lowest BCUT2D eigenvalue weighted by molar-refractivity contribution is 0.471. The smallest absolute Gasteiger partial charge is 0.130 e. The van der Waals surface area contributed by atoms with Crippen molar-refractivity contribution in [2.24, 2.45) is 0 Å². The van der Waals surface area contributed by atoms with Crippen molar-refractivity contribution in [3.63, 3.8) is 0 Å². The van der Waals surface area contributed by atoms with Gasteiger partial charge in [-0.3, -0.25) is 0 Å². The van der Waals surface area contributed by atoms with E-state index in [4.69, 9.17) is 11.6 Å². The Morgan fingerprint density at radius 1 is 0.889 bits per heavy atom. The van der Waals surface area contributed by atoms with Crippen molar-refractivity contribution in [3.8, 4) is 5.75 Å². The average Bonchev–Trinajstić information content (AvgIpc) is 3.02. The summed E-state index contributed by atoms with van der Waals surface area (Å²) in [5.74, 6) is 0.417. The Morgan fingerprint density at radius 3 is 1.78 bits per heavy atom. The van der Waals surface area contributed by atoms with Gasteiger partial charge in [-0.2, -0.15) is 0 Å². The van der Waals surface area contributed by atoms with E-state index in [1.165, 1.54) is 24.0 Å². The van der Waals surface area contributed by atoms with Crippen LogP contribution in [0, 0.1) is 0 Å². The zero-order valence-corrected chi connectivity index (χ0v) is 11.1. The standard InChI is InChI=1S/C16H17ClO/c17-13-9-14(11-5-1-2-6-11)16(18)15(10-13)12-7-3-4-8-12/h5,7,9-10,18H,1-4,6,8H2. The molecule has 0 amide bonds. The second-order valence-electron chi connectivity index (χ2n) is 5.09. The largest absolute Gasteiger partial charge is 0.507 e. The minimum absolute atomic E-state index is 0.417. The van der Waals surface area contributed by atoms with Crippen LogP contribution in [0.4, 0.5) is 0 Å². The average molecular weight is 261 g/mol. The van der Waals surface area contributed by atoms with Gasteiger partial charge in [0.15, 0.2) is 0 Å². The molecule has 0 heterocycles. The van der Waals surface area contributed by atoms with Crippen LogP contribution >= 0.6 is 11.6 Å². The number of phenolic OH excluding ortho intramolecular Hbond substituents is 1. The fraction of sp³-hybridized carbons (Fsp3) is 0.375. The van der Waals surface area contributed by atoms with Crippen molar-refractivity contribution in [3.05, 3.63) is 40.4 Å². The summed E-state index contributed by atoms with van der Waals surface area (Å²) in [6.45, 7) is 0. The molecular formula is C16H17ClO. The summed E-state index contributed by atoms with van der Waals surface area (Å²) in [6, 6.07) is 3.79. The first-order valence-corrected chi connectivity index (χ1v) is 7.05. The molecule has 0 saturated heterocycles. The summed E-state index contributed by atoms with van der Waals surface area (Å²) in [4.78, 5) is 0. The molecule has 3 rings (SSSR count). The molecule has 0 radical (unpaired) electrons. The van der Waals surface area contributed by atoms with Crippen LogP contribution in [0.15, 0.2) is 24.3 Å². The number of hydrogen-bond donors (Lipinski definition) is 1. The number of halogens is 1. The van der Waals surface area contributed by atoms with E-state index in [-0.39, 0.29) is 0 Å². The van der Waals surface area contributed by atoms with Gasteiger partial charge in [0.1, 0.15) is 5.75 Å². The monoisotopic (exact) mass is 260 g/mol. The highest BCUT2D eigenvalue weighted by Gasteiger charge is 2.18. The molecule has 2 aliphatic rings. The summed E-state index contributed by atoms with van der Waals surface area (Å²) < 4.78 is 0. The van der Waals surface area contributed by atoms with Crippen molar-refractivity contribution in [1.29, 1.82) is 0 Å². The van der Waals surface area contributed by atoms with Crippen molar-refractivity contribution >= 4 is 22.7 Å². The first-order chi connectivity index (χ1) is 8.75. The third kappa shape index (κ3) is 2.08. The van der Waals surface area contributed by atoms with Crippen LogP contribution in [-0.4, -0.2) is 5.11 Å². The molecule has 0 fully saturated rings. The highest BCUT2D eigenvalue weighted by atomic mass is 35.5. The predicted octanol–water partition coefficient (Wildman–Crippen LogP) is 5.18. The summed E-state index contributed by atoms with van der Waals surface area (Å²) in [5.41, 5.74) is 4.36. The SMILES string of the molecule is Oc1c(C2=CCCC2)cc(Cl)cc1C1=CCCC1. The maximum atomic E-state index is 10.5. The fourth-order valence-electron chi connectivity index (χ4n) is 2.92. The van der Waals surface area contributed by atoms with Crippen LogP contribution in [0.1, 0.15) is 49.7 Å². The van der Waals surface area contributed by atoms with Gasteiger partial charge in [0.05, 0.1) is 0 Å².